The molecule has 19 heavy (non-hydrogen) atoms. The molecule has 1 aliphatic carbocycles. The van der Waals surface area contributed by atoms with Gasteiger partial charge >= 0.3 is 0 Å². The van der Waals surface area contributed by atoms with Gasteiger partial charge in [0.1, 0.15) is 5.82 Å². The van der Waals surface area contributed by atoms with Crippen molar-refractivity contribution >= 4 is 11.4 Å². The van der Waals surface area contributed by atoms with Gasteiger partial charge in [-0.3, -0.25) is 0 Å². The van der Waals surface area contributed by atoms with Crippen molar-refractivity contribution in [2.75, 3.05) is 18.0 Å². The standard InChI is InChI=1S/C17H24N2/c1-14(2)15-6-7-16(18-12-15)19-11-10-17(13-19)8-4-3-5-9-17/h6-7,12H,1,3-5,8-11,13H2,2H3. The van der Waals surface area contributed by atoms with E-state index in [1.54, 1.807) is 0 Å². The minimum absolute atomic E-state index is 0.604. The minimum Gasteiger partial charge on any atom is -0.356 e. The van der Waals surface area contributed by atoms with Gasteiger partial charge in [0.25, 0.3) is 0 Å². The summed E-state index contributed by atoms with van der Waals surface area (Å²) in [4.78, 5) is 7.10. The molecule has 1 aromatic heterocycles. The molecule has 0 N–H and O–H groups in total. The van der Waals surface area contributed by atoms with Crippen LogP contribution in [0.1, 0.15) is 51.0 Å². The van der Waals surface area contributed by atoms with Gasteiger partial charge in [-0.2, -0.15) is 0 Å². The van der Waals surface area contributed by atoms with Gasteiger partial charge in [-0.15, -0.1) is 0 Å². The number of pyridine rings is 1. The summed E-state index contributed by atoms with van der Waals surface area (Å²) in [6.45, 7) is 8.39. The van der Waals surface area contributed by atoms with E-state index in [0.717, 1.165) is 17.0 Å². The lowest BCUT2D eigenvalue weighted by molar-refractivity contribution is 0.219. The third kappa shape index (κ3) is 2.54. The fourth-order valence-electron chi connectivity index (χ4n) is 3.67. The molecule has 2 heteroatoms. The zero-order valence-corrected chi connectivity index (χ0v) is 12.0. The molecule has 0 unspecified atom stereocenters. The first-order valence-corrected chi connectivity index (χ1v) is 7.55. The van der Waals surface area contributed by atoms with E-state index in [9.17, 15) is 0 Å². The highest BCUT2D eigenvalue weighted by molar-refractivity contribution is 5.61. The van der Waals surface area contributed by atoms with Gasteiger partial charge in [-0.1, -0.05) is 25.8 Å². The van der Waals surface area contributed by atoms with Crippen LogP contribution >= 0.6 is 0 Å². The molecule has 1 aliphatic heterocycles. The normalized spacial score (nSPS) is 21.8. The Morgan fingerprint density at radius 3 is 2.63 bits per heavy atom. The molecule has 1 saturated heterocycles. The second kappa shape index (κ2) is 4.99. The van der Waals surface area contributed by atoms with Gasteiger partial charge in [0.05, 0.1) is 0 Å². The Labute approximate surface area is 116 Å². The molecule has 2 fully saturated rings. The second-order valence-corrected chi connectivity index (χ2v) is 6.42. The Hall–Kier alpha value is -1.31. The minimum atomic E-state index is 0.604. The van der Waals surface area contributed by atoms with Gasteiger partial charge in [-0.25, -0.2) is 4.98 Å². The summed E-state index contributed by atoms with van der Waals surface area (Å²) in [6.07, 6.45) is 10.5. The summed E-state index contributed by atoms with van der Waals surface area (Å²) < 4.78 is 0. The summed E-state index contributed by atoms with van der Waals surface area (Å²) in [7, 11) is 0. The molecular weight excluding hydrogens is 232 g/mol. The van der Waals surface area contributed by atoms with Crippen molar-refractivity contribution in [3.05, 3.63) is 30.5 Å². The Morgan fingerprint density at radius 2 is 2.00 bits per heavy atom. The van der Waals surface area contributed by atoms with Crippen molar-refractivity contribution in [1.29, 1.82) is 0 Å². The van der Waals surface area contributed by atoms with Gasteiger partial charge in [0.15, 0.2) is 0 Å². The molecule has 3 rings (SSSR count). The van der Waals surface area contributed by atoms with Gasteiger partial charge < -0.3 is 4.90 Å². The van der Waals surface area contributed by atoms with E-state index in [1.807, 2.05) is 13.1 Å². The molecule has 1 aromatic rings. The average molecular weight is 256 g/mol. The molecule has 2 aliphatic rings. The van der Waals surface area contributed by atoms with Gasteiger partial charge in [0.2, 0.25) is 0 Å². The summed E-state index contributed by atoms with van der Waals surface area (Å²) in [6, 6.07) is 4.31. The van der Waals surface area contributed by atoms with Gasteiger partial charge in [-0.05, 0) is 54.9 Å². The molecule has 0 atom stereocenters. The number of anilines is 1. The number of allylic oxidation sites excluding steroid dienone is 1. The van der Waals surface area contributed by atoms with Crippen molar-refractivity contribution in [2.45, 2.75) is 45.4 Å². The van der Waals surface area contributed by atoms with Crippen molar-refractivity contribution in [2.24, 2.45) is 5.41 Å². The van der Waals surface area contributed by atoms with E-state index in [0.29, 0.717) is 5.41 Å². The Bertz CT molecular complexity index is 455. The van der Waals surface area contributed by atoms with Crippen LogP contribution in [0.25, 0.3) is 5.57 Å². The molecule has 2 nitrogen and oxygen atoms in total. The zero-order valence-electron chi connectivity index (χ0n) is 12.0. The van der Waals surface area contributed by atoms with Crippen LogP contribution in [0, 0.1) is 5.41 Å². The van der Waals surface area contributed by atoms with Crippen molar-refractivity contribution in [1.82, 2.24) is 4.98 Å². The Kier molecular flexibility index (Phi) is 3.34. The number of hydrogen-bond acceptors (Lipinski definition) is 2. The van der Waals surface area contributed by atoms with E-state index in [-0.39, 0.29) is 0 Å². The monoisotopic (exact) mass is 256 g/mol. The first-order chi connectivity index (χ1) is 9.19. The first kappa shape index (κ1) is 12.7. The number of nitrogens with zero attached hydrogens (tertiary/aromatic N) is 2. The summed E-state index contributed by atoms with van der Waals surface area (Å²) in [5.74, 6) is 1.15. The third-order valence-corrected chi connectivity index (χ3v) is 4.92. The fourth-order valence-corrected chi connectivity index (χ4v) is 3.67. The number of hydrogen-bond donors (Lipinski definition) is 0. The number of aromatic nitrogens is 1. The molecule has 2 heterocycles. The molecule has 102 valence electrons. The Balaban J connectivity index is 1.72. The topological polar surface area (TPSA) is 16.1 Å². The lowest BCUT2D eigenvalue weighted by Crippen LogP contribution is -2.29. The third-order valence-electron chi connectivity index (χ3n) is 4.92. The highest BCUT2D eigenvalue weighted by atomic mass is 15.2. The van der Waals surface area contributed by atoms with Crippen molar-refractivity contribution in [3.63, 3.8) is 0 Å². The quantitative estimate of drug-likeness (QED) is 0.785. The van der Waals surface area contributed by atoms with Crippen molar-refractivity contribution in [3.8, 4) is 0 Å². The van der Waals surface area contributed by atoms with Crippen LogP contribution < -0.4 is 4.90 Å². The predicted molar refractivity (Wildman–Crippen MR) is 81.3 cm³/mol. The van der Waals surface area contributed by atoms with Crippen LogP contribution in [-0.4, -0.2) is 18.1 Å². The fraction of sp³-hybridized carbons (Fsp3) is 0.588. The zero-order chi connectivity index (χ0) is 13.3. The van der Waals surface area contributed by atoms with E-state index >= 15 is 0 Å². The average Bonchev–Trinajstić information content (AvgIpc) is 2.83. The van der Waals surface area contributed by atoms with E-state index in [1.165, 1.54) is 51.6 Å². The van der Waals surface area contributed by atoms with Crippen LogP contribution in [-0.2, 0) is 0 Å². The molecule has 1 spiro atoms. The Morgan fingerprint density at radius 1 is 1.21 bits per heavy atom. The van der Waals surface area contributed by atoms with Crippen LogP contribution in [0.2, 0.25) is 0 Å². The molecule has 0 aromatic carbocycles. The van der Waals surface area contributed by atoms with Gasteiger partial charge in [0, 0.05) is 19.3 Å². The van der Waals surface area contributed by atoms with Crippen LogP contribution in [0.15, 0.2) is 24.9 Å². The molecule has 0 radical (unpaired) electrons. The lowest BCUT2D eigenvalue weighted by Gasteiger charge is -2.33. The maximum Gasteiger partial charge on any atom is 0.128 e. The number of rotatable bonds is 2. The lowest BCUT2D eigenvalue weighted by atomic mass is 9.73. The maximum absolute atomic E-state index is 4.63. The van der Waals surface area contributed by atoms with E-state index in [2.05, 4.69) is 28.6 Å². The largest absolute Gasteiger partial charge is 0.356 e. The molecule has 1 saturated carbocycles. The summed E-state index contributed by atoms with van der Waals surface area (Å²) in [5, 5.41) is 0. The smallest absolute Gasteiger partial charge is 0.128 e. The first-order valence-electron chi connectivity index (χ1n) is 7.55. The molecule has 0 amide bonds. The molecule has 0 bridgehead atoms. The molecular formula is C17H24N2. The predicted octanol–water partition coefficient (Wildman–Crippen LogP) is 4.28. The second-order valence-electron chi connectivity index (χ2n) is 6.42. The SMILES string of the molecule is C=C(C)c1ccc(N2CCC3(CCCCC3)C2)nc1. The van der Waals surface area contributed by atoms with Crippen molar-refractivity contribution < 1.29 is 0 Å². The van der Waals surface area contributed by atoms with E-state index in [4.69, 9.17) is 0 Å². The highest BCUT2D eigenvalue weighted by Crippen LogP contribution is 2.44. The van der Waals surface area contributed by atoms with Crippen LogP contribution in [0.3, 0.4) is 0 Å². The van der Waals surface area contributed by atoms with E-state index < -0.39 is 0 Å². The summed E-state index contributed by atoms with van der Waals surface area (Å²) >= 11 is 0. The summed E-state index contributed by atoms with van der Waals surface area (Å²) in [5.41, 5.74) is 2.84. The maximum atomic E-state index is 4.63. The van der Waals surface area contributed by atoms with Crippen LogP contribution in [0.4, 0.5) is 5.82 Å². The van der Waals surface area contributed by atoms with Crippen LogP contribution in [0.5, 0.6) is 0 Å². The highest BCUT2D eigenvalue weighted by Gasteiger charge is 2.39.